The van der Waals surface area contributed by atoms with Gasteiger partial charge in [0.15, 0.2) is 0 Å². The van der Waals surface area contributed by atoms with Crippen LogP contribution >= 0.6 is 0 Å². The fourth-order valence-corrected chi connectivity index (χ4v) is 1.74. The summed E-state index contributed by atoms with van der Waals surface area (Å²) >= 11 is 0. The first kappa shape index (κ1) is 10.2. The highest BCUT2D eigenvalue weighted by atomic mass is 15.2. The van der Waals surface area contributed by atoms with E-state index in [-0.39, 0.29) is 12.1 Å². The van der Waals surface area contributed by atoms with Gasteiger partial charge in [-0.05, 0) is 32.4 Å². The van der Waals surface area contributed by atoms with Gasteiger partial charge in [0.25, 0.3) is 0 Å². The smallest absolute Gasteiger partial charge is 0.124 e. The van der Waals surface area contributed by atoms with Crippen molar-refractivity contribution in [2.75, 3.05) is 6.64 Å². The Morgan fingerprint density at radius 2 is 2.06 bits per heavy atom. The molecule has 0 aliphatic carbocycles. The predicted molar refractivity (Wildman–Crippen MR) is 76.4 cm³/mol. The number of hydrogen-bond donors (Lipinski definition) is 1. The van der Waals surface area contributed by atoms with Gasteiger partial charge < -0.3 is 10.2 Å². The Morgan fingerprint density at radius 3 is 2.67 bits per heavy atom. The average molecular weight is 245 g/mol. The Morgan fingerprint density at radius 1 is 1.33 bits per heavy atom. The average Bonchev–Trinajstić information content (AvgIpc) is 2.38. The van der Waals surface area contributed by atoms with E-state index in [0.29, 0.717) is 12.0 Å². The van der Waals surface area contributed by atoms with Crippen LogP contribution in [0.25, 0.3) is 0 Å². The second-order valence-electron chi connectivity index (χ2n) is 4.68. The van der Waals surface area contributed by atoms with Crippen LogP contribution in [0.2, 0.25) is 0 Å². The molecular formula is C15H21N3. The number of hydrogen-bond acceptors (Lipinski definition) is 3. The summed E-state index contributed by atoms with van der Waals surface area (Å²) < 4.78 is 16.0. The first-order valence-corrected chi connectivity index (χ1v) is 6.27. The normalized spacial score (nSPS) is 22.9. The minimum atomic E-state index is -0.752. The predicted octanol–water partition coefficient (Wildman–Crippen LogP) is 2.93. The Balaban J connectivity index is 2.10. The number of amidine groups is 1. The molecule has 1 aliphatic heterocycles. The molecule has 0 saturated heterocycles. The van der Waals surface area contributed by atoms with Crippen LogP contribution in [0.5, 0.6) is 0 Å². The number of rotatable bonds is 3. The highest BCUT2D eigenvalue weighted by molar-refractivity contribution is 5.93. The van der Waals surface area contributed by atoms with Crippen molar-refractivity contribution in [3.8, 4) is 0 Å². The van der Waals surface area contributed by atoms with Crippen molar-refractivity contribution < 1.29 is 2.74 Å². The molecule has 1 N–H and O–H groups in total. The molecule has 1 aliphatic rings. The molecule has 18 heavy (non-hydrogen) atoms. The van der Waals surface area contributed by atoms with Gasteiger partial charge in [-0.1, -0.05) is 30.3 Å². The van der Waals surface area contributed by atoms with Gasteiger partial charge in [0.1, 0.15) is 12.5 Å². The van der Waals surface area contributed by atoms with Crippen LogP contribution in [0.1, 0.15) is 35.1 Å². The summed E-state index contributed by atoms with van der Waals surface area (Å²) in [6.07, 6.45) is 2.02. The summed E-state index contributed by atoms with van der Waals surface area (Å²) in [5, 5.41) is 3.26. The molecule has 0 fully saturated rings. The lowest BCUT2D eigenvalue weighted by Gasteiger charge is -2.27. The third-order valence-electron chi connectivity index (χ3n) is 2.89. The quantitative estimate of drug-likeness (QED) is 0.886. The fraction of sp³-hybridized carbons (Fsp3) is 0.400. The van der Waals surface area contributed by atoms with E-state index in [2.05, 4.69) is 10.3 Å². The van der Waals surface area contributed by atoms with Gasteiger partial charge in [-0.2, -0.15) is 0 Å². The van der Waals surface area contributed by atoms with Gasteiger partial charge in [-0.15, -0.1) is 0 Å². The molecule has 2 atom stereocenters. The lowest BCUT2D eigenvalue weighted by molar-refractivity contribution is 0.317. The van der Waals surface area contributed by atoms with Gasteiger partial charge in [0, 0.05) is 18.3 Å². The molecule has 96 valence electrons. The van der Waals surface area contributed by atoms with Crippen molar-refractivity contribution in [1.82, 2.24) is 10.2 Å². The van der Waals surface area contributed by atoms with Gasteiger partial charge in [0.05, 0.1) is 2.74 Å². The number of aliphatic imine (C=N–C) groups is 1. The van der Waals surface area contributed by atoms with E-state index in [4.69, 9.17) is 2.74 Å². The zero-order chi connectivity index (χ0) is 14.7. The van der Waals surface area contributed by atoms with Crippen LogP contribution in [0.3, 0.4) is 0 Å². The van der Waals surface area contributed by atoms with Crippen LogP contribution in [-0.4, -0.2) is 23.4 Å². The van der Waals surface area contributed by atoms with E-state index < -0.39 is 6.64 Å². The van der Waals surface area contributed by atoms with Gasteiger partial charge in [0.2, 0.25) is 0 Å². The lowest BCUT2D eigenvalue weighted by atomic mass is 10.1. The summed E-state index contributed by atoms with van der Waals surface area (Å²) in [6, 6.07) is 10.3. The SMILES string of the molecule is [2H]C1=CC(NC(C)c2ccccc2)=NC([2H])N1C(C)C. The van der Waals surface area contributed by atoms with Crippen molar-refractivity contribution in [3.63, 3.8) is 0 Å². The number of nitrogens with one attached hydrogen (secondary N) is 1. The molecule has 0 aromatic heterocycles. The molecule has 2 rings (SSSR count). The molecule has 0 saturated carbocycles. The molecule has 0 spiro atoms. The second kappa shape index (κ2) is 5.71. The van der Waals surface area contributed by atoms with Gasteiger partial charge in [-0.25, -0.2) is 4.99 Å². The van der Waals surface area contributed by atoms with Crippen molar-refractivity contribution in [1.29, 1.82) is 0 Å². The summed E-state index contributed by atoms with van der Waals surface area (Å²) in [7, 11) is 0. The Kier molecular flexibility index (Phi) is 3.23. The van der Waals surface area contributed by atoms with Crippen molar-refractivity contribution in [2.24, 2.45) is 4.99 Å². The Bertz CT molecular complexity index is 511. The molecule has 0 amide bonds. The van der Waals surface area contributed by atoms with E-state index in [0.717, 1.165) is 5.56 Å². The van der Waals surface area contributed by atoms with Crippen molar-refractivity contribution >= 4 is 5.84 Å². The van der Waals surface area contributed by atoms with Crippen LogP contribution in [0.15, 0.2) is 47.6 Å². The molecule has 3 heteroatoms. The zero-order valence-electron chi connectivity index (χ0n) is 13.1. The van der Waals surface area contributed by atoms with Crippen LogP contribution in [-0.2, 0) is 0 Å². The van der Waals surface area contributed by atoms with Crippen LogP contribution < -0.4 is 5.32 Å². The standard InChI is InChI=1S/C15H21N3/c1-12(2)18-10-9-15(16-11-18)17-13(3)14-7-5-4-6-8-14/h4-10,12-13H,11H2,1-3H3,(H,16,17)/i10D,11D. The highest BCUT2D eigenvalue weighted by Crippen LogP contribution is 2.12. The fourth-order valence-electron chi connectivity index (χ4n) is 1.74. The molecule has 1 heterocycles. The van der Waals surface area contributed by atoms with Gasteiger partial charge in [-0.3, -0.25) is 0 Å². The minimum Gasteiger partial charge on any atom is -0.364 e. The number of benzene rings is 1. The topological polar surface area (TPSA) is 27.6 Å². The number of nitrogens with zero attached hydrogens (tertiary/aromatic N) is 2. The first-order valence-electron chi connectivity index (χ1n) is 7.35. The maximum atomic E-state index is 8.02. The van der Waals surface area contributed by atoms with Crippen LogP contribution in [0, 0.1) is 0 Å². The monoisotopic (exact) mass is 245 g/mol. The molecule has 3 nitrogen and oxygen atoms in total. The molecule has 1 aromatic carbocycles. The van der Waals surface area contributed by atoms with E-state index in [1.807, 2.05) is 51.1 Å². The summed E-state index contributed by atoms with van der Waals surface area (Å²) in [5.74, 6) is 0.600. The highest BCUT2D eigenvalue weighted by Gasteiger charge is 2.11. The first-order chi connectivity index (χ1) is 9.49. The maximum Gasteiger partial charge on any atom is 0.124 e. The molecule has 0 radical (unpaired) electrons. The maximum absolute atomic E-state index is 8.02. The summed E-state index contributed by atoms with van der Waals surface area (Å²) in [6.45, 7) is 5.22. The molecular weight excluding hydrogens is 222 g/mol. The molecule has 1 aromatic rings. The largest absolute Gasteiger partial charge is 0.364 e. The van der Waals surface area contributed by atoms with Crippen molar-refractivity contribution in [3.05, 3.63) is 48.1 Å². The van der Waals surface area contributed by atoms with Gasteiger partial charge >= 0.3 is 0 Å². The Hall–Kier alpha value is -1.77. The molecule has 0 bridgehead atoms. The van der Waals surface area contributed by atoms with Crippen molar-refractivity contribution in [2.45, 2.75) is 32.9 Å². The third-order valence-corrected chi connectivity index (χ3v) is 2.89. The van der Waals surface area contributed by atoms with Crippen LogP contribution in [0.4, 0.5) is 0 Å². The van der Waals surface area contributed by atoms with E-state index in [9.17, 15) is 0 Å². The molecule has 2 unspecified atom stereocenters. The van der Waals surface area contributed by atoms with E-state index in [1.165, 1.54) is 0 Å². The summed E-state index contributed by atoms with van der Waals surface area (Å²) in [5.41, 5.74) is 1.16. The second-order valence-corrected chi connectivity index (χ2v) is 4.68. The third kappa shape index (κ3) is 3.13. The lowest BCUT2D eigenvalue weighted by Crippen LogP contribution is -2.33. The minimum absolute atomic E-state index is 0.0943. The zero-order valence-corrected chi connectivity index (χ0v) is 11.1. The van der Waals surface area contributed by atoms with E-state index in [1.54, 1.807) is 11.0 Å². The Labute approximate surface area is 112 Å². The summed E-state index contributed by atoms with van der Waals surface area (Å²) in [4.78, 5) is 5.97. The van der Waals surface area contributed by atoms with E-state index >= 15 is 0 Å².